The third-order valence-electron chi connectivity index (χ3n) is 4.01. The van der Waals surface area contributed by atoms with Crippen molar-refractivity contribution in [2.45, 2.75) is 32.7 Å². The van der Waals surface area contributed by atoms with Gasteiger partial charge in [0.15, 0.2) is 0 Å². The van der Waals surface area contributed by atoms with Crippen LogP contribution in [0.2, 0.25) is 0 Å². The largest absolute Gasteiger partial charge is 0.335 e. The number of carbonyl (C=O) groups excluding carboxylic acids is 1. The van der Waals surface area contributed by atoms with Crippen molar-refractivity contribution in [1.82, 2.24) is 10.2 Å². The number of hydrogen-bond acceptors (Lipinski definition) is 1. The fourth-order valence-electron chi connectivity index (χ4n) is 2.85. The summed E-state index contributed by atoms with van der Waals surface area (Å²) >= 11 is 0. The molecule has 0 radical (unpaired) electrons. The van der Waals surface area contributed by atoms with E-state index < -0.39 is 12.5 Å². The second-order valence-electron chi connectivity index (χ2n) is 5.31. The van der Waals surface area contributed by atoms with Crippen LogP contribution in [-0.4, -0.2) is 36.0 Å². The number of fused-ring (bicyclic) bond motifs is 1. The molecule has 0 aromatic rings. The molecule has 4 atom stereocenters. The molecule has 1 heterocycles. The summed E-state index contributed by atoms with van der Waals surface area (Å²) in [5, 5.41) is 2.82. The molecule has 2 rings (SSSR count). The van der Waals surface area contributed by atoms with Gasteiger partial charge in [0.2, 0.25) is 0 Å². The molecule has 0 spiro atoms. The lowest BCUT2D eigenvalue weighted by molar-refractivity contribution is -0.0456. The summed E-state index contributed by atoms with van der Waals surface area (Å²) < 4.78 is 25.7. The van der Waals surface area contributed by atoms with E-state index in [4.69, 9.17) is 0 Å². The lowest BCUT2D eigenvalue weighted by Gasteiger charge is -2.54. The monoisotopic (exact) mass is 232 g/mol. The smallest absolute Gasteiger partial charge is 0.317 e. The number of urea groups is 1. The Kier molecular flexibility index (Phi) is 2.59. The Bertz CT molecular complexity index is 303. The molecular weight excluding hydrogens is 214 g/mol. The summed E-state index contributed by atoms with van der Waals surface area (Å²) in [4.78, 5) is 12.8. The number of nitrogens with zero attached hydrogens (tertiary/aromatic N) is 1. The van der Waals surface area contributed by atoms with Crippen LogP contribution < -0.4 is 5.32 Å². The molecule has 92 valence electrons. The van der Waals surface area contributed by atoms with Gasteiger partial charge in [-0.2, -0.15) is 0 Å². The summed E-state index contributed by atoms with van der Waals surface area (Å²) in [7, 11) is 0. The van der Waals surface area contributed by atoms with Gasteiger partial charge in [-0.05, 0) is 11.8 Å². The van der Waals surface area contributed by atoms with E-state index >= 15 is 0 Å². The number of halogens is 2. The van der Waals surface area contributed by atoms with Crippen LogP contribution in [0.3, 0.4) is 0 Å². The summed E-state index contributed by atoms with van der Waals surface area (Å²) in [5.74, 6) is -1.53. The van der Waals surface area contributed by atoms with E-state index in [1.54, 1.807) is 0 Å². The quantitative estimate of drug-likeness (QED) is 0.775. The Hall–Kier alpha value is -0.870. The van der Waals surface area contributed by atoms with E-state index in [0.717, 1.165) is 6.92 Å². The minimum Gasteiger partial charge on any atom is -0.335 e. The number of nitrogens with one attached hydrogen (secondary N) is 1. The van der Waals surface area contributed by atoms with Crippen LogP contribution in [0, 0.1) is 17.8 Å². The normalized spacial score (nSPS) is 38.8. The van der Waals surface area contributed by atoms with Gasteiger partial charge in [-0.1, -0.05) is 13.8 Å². The fourth-order valence-corrected chi connectivity index (χ4v) is 2.85. The van der Waals surface area contributed by atoms with Gasteiger partial charge in [0, 0.05) is 25.4 Å². The summed E-state index contributed by atoms with van der Waals surface area (Å²) in [6.07, 6.45) is 0. The molecule has 1 N–H and O–H groups in total. The molecule has 2 fully saturated rings. The molecule has 16 heavy (non-hydrogen) atoms. The fraction of sp³-hybridized carbons (Fsp3) is 0.909. The molecule has 1 aliphatic carbocycles. The summed E-state index contributed by atoms with van der Waals surface area (Å²) in [6.45, 7) is 5.04. The van der Waals surface area contributed by atoms with Gasteiger partial charge in [-0.3, -0.25) is 0 Å². The molecule has 1 aliphatic heterocycles. The lowest BCUT2D eigenvalue weighted by atomic mass is 9.61. The number of rotatable bonds is 2. The Morgan fingerprint density at radius 1 is 1.44 bits per heavy atom. The standard InChI is InChI=1S/C11H18F2N2O/c1-6-7(2)9-8(6)4-15(10(16)14-9)5-11(3,12)13/h6-9H,4-5H2,1-3H3,(H,14,16). The van der Waals surface area contributed by atoms with Crippen molar-refractivity contribution in [1.29, 1.82) is 0 Å². The first-order chi connectivity index (χ1) is 7.29. The highest BCUT2D eigenvalue weighted by molar-refractivity contribution is 5.76. The molecule has 0 aromatic carbocycles. The van der Waals surface area contributed by atoms with Crippen molar-refractivity contribution in [3.05, 3.63) is 0 Å². The minimum atomic E-state index is -2.82. The van der Waals surface area contributed by atoms with Crippen LogP contribution in [0.25, 0.3) is 0 Å². The number of hydrogen-bond donors (Lipinski definition) is 1. The highest BCUT2D eigenvalue weighted by atomic mass is 19.3. The number of alkyl halides is 2. The maximum atomic E-state index is 12.9. The average molecular weight is 232 g/mol. The zero-order valence-electron chi connectivity index (χ0n) is 9.84. The first-order valence-corrected chi connectivity index (χ1v) is 5.73. The van der Waals surface area contributed by atoms with Crippen molar-refractivity contribution >= 4 is 6.03 Å². The molecule has 1 saturated carbocycles. The highest BCUT2D eigenvalue weighted by Crippen LogP contribution is 2.42. The molecule has 2 amide bonds. The topological polar surface area (TPSA) is 32.3 Å². The average Bonchev–Trinajstić information content (AvgIpc) is 2.18. The van der Waals surface area contributed by atoms with Gasteiger partial charge in [0.1, 0.15) is 0 Å². The Labute approximate surface area is 94.2 Å². The van der Waals surface area contributed by atoms with Crippen molar-refractivity contribution < 1.29 is 13.6 Å². The van der Waals surface area contributed by atoms with E-state index in [0.29, 0.717) is 24.3 Å². The lowest BCUT2D eigenvalue weighted by Crippen LogP contribution is -2.68. The van der Waals surface area contributed by atoms with Gasteiger partial charge in [0.05, 0.1) is 6.54 Å². The van der Waals surface area contributed by atoms with Gasteiger partial charge in [-0.15, -0.1) is 0 Å². The Morgan fingerprint density at radius 2 is 2.06 bits per heavy atom. The maximum Gasteiger partial charge on any atom is 0.317 e. The van der Waals surface area contributed by atoms with Crippen molar-refractivity contribution in [2.75, 3.05) is 13.1 Å². The molecule has 3 nitrogen and oxygen atoms in total. The predicted octanol–water partition coefficient (Wildman–Crippen LogP) is 1.94. The van der Waals surface area contributed by atoms with E-state index in [1.165, 1.54) is 4.90 Å². The van der Waals surface area contributed by atoms with Crippen LogP contribution in [0.4, 0.5) is 13.6 Å². The first-order valence-electron chi connectivity index (χ1n) is 5.73. The van der Waals surface area contributed by atoms with Gasteiger partial charge < -0.3 is 10.2 Å². The van der Waals surface area contributed by atoms with E-state index in [-0.39, 0.29) is 12.1 Å². The summed E-state index contributed by atoms with van der Waals surface area (Å²) in [6, 6.07) is -0.161. The van der Waals surface area contributed by atoms with E-state index in [2.05, 4.69) is 19.2 Å². The Balaban J connectivity index is 2.00. The van der Waals surface area contributed by atoms with Crippen molar-refractivity contribution in [2.24, 2.45) is 17.8 Å². The van der Waals surface area contributed by atoms with Crippen LogP contribution in [0.15, 0.2) is 0 Å². The van der Waals surface area contributed by atoms with Crippen LogP contribution in [0.5, 0.6) is 0 Å². The Morgan fingerprint density at radius 3 is 2.62 bits per heavy atom. The van der Waals surface area contributed by atoms with Gasteiger partial charge in [0.25, 0.3) is 5.92 Å². The highest BCUT2D eigenvalue weighted by Gasteiger charge is 2.50. The third kappa shape index (κ3) is 1.87. The van der Waals surface area contributed by atoms with Crippen LogP contribution in [0.1, 0.15) is 20.8 Å². The van der Waals surface area contributed by atoms with E-state index in [9.17, 15) is 13.6 Å². The first kappa shape index (κ1) is 11.6. The number of carbonyl (C=O) groups is 1. The number of amides is 2. The van der Waals surface area contributed by atoms with E-state index in [1.807, 2.05) is 0 Å². The molecule has 2 aliphatic rings. The minimum absolute atomic E-state index is 0.184. The predicted molar refractivity (Wildman–Crippen MR) is 56.3 cm³/mol. The van der Waals surface area contributed by atoms with Gasteiger partial charge >= 0.3 is 6.03 Å². The molecule has 4 unspecified atom stereocenters. The zero-order chi connectivity index (χ0) is 12.1. The van der Waals surface area contributed by atoms with Crippen molar-refractivity contribution in [3.63, 3.8) is 0 Å². The van der Waals surface area contributed by atoms with Crippen LogP contribution >= 0.6 is 0 Å². The zero-order valence-corrected chi connectivity index (χ0v) is 9.84. The third-order valence-corrected chi connectivity index (χ3v) is 4.01. The van der Waals surface area contributed by atoms with Crippen molar-refractivity contribution in [3.8, 4) is 0 Å². The van der Waals surface area contributed by atoms with Crippen LogP contribution in [-0.2, 0) is 0 Å². The molecular formula is C11H18F2N2O. The SMILES string of the molecule is CC1C(C)C2NC(=O)N(CC(C)(F)F)CC12. The molecule has 0 bridgehead atoms. The summed E-state index contributed by atoms with van der Waals surface area (Å²) in [5.41, 5.74) is 0. The van der Waals surface area contributed by atoms with Gasteiger partial charge in [-0.25, -0.2) is 13.6 Å². The molecule has 5 heteroatoms. The molecule has 0 aromatic heterocycles. The maximum absolute atomic E-state index is 12.9. The molecule has 1 saturated heterocycles. The second-order valence-corrected chi connectivity index (χ2v) is 5.31. The second kappa shape index (κ2) is 3.57.